The molecule has 2 rings (SSSR count). The molecule has 1 heterocycles. The Labute approximate surface area is 92.7 Å². The van der Waals surface area contributed by atoms with Gasteiger partial charge in [-0.2, -0.15) is 0 Å². The SMILES string of the molecule is CCCCc1nc2c(N=[N+]=[N-])cccc2o1. The molecule has 0 amide bonds. The summed E-state index contributed by atoms with van der Waals surface area (Å²) in [5.41, 5.74) is 10.3. The zero-order chi connectivity index (χ0) is 11.4. The summed E-state index contributed by atoms with van der Waals surface area (Å²) in [7, 11) is 0. The number of benzene rings is 1. The Kier molecular flexibility index (Phi) is 3.08. The number of aryl methyl sites for hydroxylation is 1. The molecule has 1 aromatic heterocycles. The van der Waals surface area contributed by atoms with Crippen LogP contribution in [-0.4, -0.2) is 4.98 Å². The minimum Gasteiger partial charge on any atom is -0.441 e. The molecular weight excluding hydrogens is 204 g/mol. The first-order chi connectivity index (χ1) is 7.85. The smallest absolute Gasteiger partial charge is 0.195 e. The number of azide groups is 1. The summed E-state index contributed by atoms with van der Waals surface area (Å²) in [6, 6.07) is 5.35. The predicted octanol–water partition coefficient (Wildman–Crippen LogP) is 4.11. The second kappa shape index (κ2) is 4.68. The Morgan fingerprint density at radius 3 is 3.12 bits per heavy atom. The first-order valence-corrected chi connectivity index (χ1v) is 5.28. The van der Waals surface area contributed by atoms with E-state index in [0.717, 1.165) is 19.3 Å². The summed E-state index contributed by atoms with van der Waals surface area (Å²) in [5.74, 6) is 0.706. The zero-order valence-electron chi connectivity index (χ0n) is 9.05. The summed E-state index contributed by atoms with van der Waals surface area (Å²) in [6.45, 7) is 2.12. The van der Waals surface area contributed by atoms with Crippen LogP contribution in [0.5, 0.6) is 0 Å². The maximum atomic E-state index is 8.43. The highest BCUT2D eigenvalue weighted by molar-refractivity contribution is 5.84. The lowest BCUT2D eigenvalue weighted by Gasteiger charge is -1.89. The lowest BCUT2D eigenvalue weighted by molar-refractivity contribution is 0.517. The van der Waals surface area contributed by atoms with E-state index in [1.807, 2.05) is 6.07 Å². The molecule has 16 heavy (non-hydrogen) atoms. The minimum atomic E-state index is 0.520. The number of aromatic nitrogens is 1. The van der Waals surface area contributed by atoms with Crippen LogP contribution in [0.2, 0.25) is 0 Å². The quantitative estimate of drug-likeness (QED) is 0.438. The molecule has 5 heteroatoms. The number of nitrogens with zero attached hydrogens (tertiary/aromatic N) is 4. The molecule has 0 N–H and O–H groups in total. The van der Waals surface area contributed by atoms with Gasteiger partial charge >= 0.3 is 0 Å². The van der Waals surface area contributed by atoms with E-state index in [9.17, 15) is 0 Å². The number of fused-ring (bicyclic) bond motifs is 1. The third kappa shape index (κ3) is 1.99. The average molecular weight is 216 g/mol. The number of unbranched alkanes of at least 4 members (excludes halogenated alkanes) is 1. The van der Waals surface area contributed by atoms with Crippen LogP contribution in [0.15, 0.2) is 27.7 Å². The molecule has 0 spiro atoms. The van der Waals surface area contributed by atoms with E-state index < -0.39 is 0 Å². The molecule has 0 atom stereocenters. The standard InChI is InChI=1S/C11H12N4O/c1-2-3-7-10-13-11-8(14-15-12)5-4-6-9(11)16-10/h4-6H,2-3,7H2,1H3. The predicted molar refractivity (Wildman–Crippen MR) is 61.4 cm³/mol. The minimum absolute atomic E-state index is 0.520. The molecule has 82 valence electrons. The van der Waals surface area contributed by atoms with Gasteiger partial charge in [0.05, 0.1) is 5.69 Å². The van der Waals surface area contributed by atoms with Crippen molar-refractivity contribution in [3.63, 3.8) is 0 Å². The van der Waals surface area contributed by atoms with Crippen molar-refractivity contribution in [1.82, 2.24) is 4.98 Å². The van der Waals surface area contributed by atoms with Gasteiger partial charge in [0, 0.05) is 11.3 Å². The molecule has 0 aliphatic rings. The molecule has 0 saturated carbocycles. The third-order valence-electron chi connectivity index (χ3n) is 2.34. The Bertz CT molecular complexity index is 540. The Morgan fingerprint density at radius 2 is 2.38 bits per heavy atom. The molecule has 1 aromatic carbocycles. The number of para-hydroxylation sites is 1. The van der Waals surface area contributed by atoms with Gasteiger partial charge in [-0.1, -0.05) is 30.6 Å². The second-order valence-electron chi connectivity index (χ2n) is 3.52. The molecular formula is C11H12N4O. The Hall–Kier alpha value is -2.00. The van der Waals surface area contributed by atoms with E-state index in [4.69, 9.17) is 9.95 Å². The number of rotatable bonds is 4. The lowest BCUT2D eigenvalue weighted by atomic mass is 10.2. The fourth-order valence-corrected chi connectivity index (χ4v) is 1.54. The lowest BCUT2D eigenvalue weighted by Crippen LogP contribution is -1.82. The summed E-state index contributed by atoms with van der Waals surface area (Å²) in [5, 5.41) is 3.59. The summed E-state index contributed by atoms with van der Waals surface area (Å²) in [4.78, 5) is 7.11. The van der Waals surface area contributed by atoms with Crippen molar-refractivity contribution in [1.29, 1.82) is 0 Å². The molecule has 5 nitrogen and oxygen atoms in total. The van der Waals surface area contributed by atoms with Crippen LogP contribution >= 0.6 is 0 Å². The van der Waals surface area contributed by atoms with Crippen molar-refractivity contribution < 1.29 is 4.42 Å². The maximum absolute atomic E-state index is 8.43. The number of hydrogen-bond acceptors (Lipinski definition) is 3. The van der Waals surface area contributed by atoms with Crippen molar-refractivity contribution in [2.75, 3.05) is 0 Å². The van der Waals surface area contributed by atoms with Crippen LogP contribution in [0.4, 0.5) is 5.69 Å². The van der Waals surface area contributed by atoms with Crippen molar-refractivity contribution in [3.8, 4) is 0 Å². The van der Waals surface area contributed by atoms with Gasteiger partial charge in [-0.3, -0.25) is 0 Å². The van der Waals surface area contributed by atoms with E-state index in [-0.39, 0.29) is 0 Å². The Balaban J connectivity index is 2.44. The largest absolute Gasteiger partial charge is 0.441 e. The summed E-state index contributed by atoms with van der Waals surface area (Å²) >= 11 is 0. The van der Waals surface area contributed by atoms with E-state index in [1.54, 1.807) is 12.1 Å². The van der Waals surface area contributed by atoms with Gasteiger partial charge in [0.15, 0.2) is 11.5 Å². The van der Waals surface area contributed by atoms with Gasteiger partial charge < -0.3 is 4.42 Å². The van der Waals surface area contributed by atoms with Crippen molar-refractivity contribution in [2.24, 2.45) is 5.11 Å². The highest BCUT2D eigenvalue weighted by Crippen LogP contribution is 2.26. The van der Waals surface area contributed by atoms with Crippen LogP contribution in [0.3, 0.4) is 0 Å². The van der Waals surface area contributed by atoms with E-state index in [0.29, 0.717) is 22.7 Å². The van der Waals surface area contributed by atoms with Crippen molar-refractivity contribution in [3.05, 3.63) is 34.5 Å². The molecule has 2 aromatic rings. The fraction of sp³-hybridized carbons (Fsp3) is 0.364. The third-order valence-corrected chi connectivity index (χ3v) is 2.34. The zero-order valence-corrected chi connectivity index (χ0v) is 9.05. The molecule has 0 unspecified atom stereocenters. The second-order valence-corrected chi connectivity index (χ2v) is 3.52. The van der Waals surface area contributed by atoms with Gasteiger partial charge in [0.25, 0.3) is 0 Å². The van der Waals surface area contributed by atoms with E-state index >= 15 is 0 Å². The normalized spacial score (nSPS) is 10.3. The van der Waals surface area contributed by atoms with Gasteiger partial charge in [-0.15, -0.1) is 0 Å². The van der Waals surface area contributed by atoms with Gasteiger partial charge in [-0.05, 0) is 18.0 Å². The molecule has 0 bridgehead atoms. The Morgan fingerprint density at radius 1 is 1.50 bits per heavy atom. The van der Waals surface area contributed by atoms with Crippen molar-refractivity contribution >= 4 is 16.8 Å². The fourth-order valence-electron chi connectivity index (χ4n) is 1.54. The van der Waals surface area contributed by atoms with Crippen LogP contribution in [0.1, 0.15) is 25.7 Å². The highest BCUT2D eigenvalue weighted by Gasteiger charge is 2.07. The molecule has 0 saturated heterocycles. The molecule has 0 aliphatic carbocycles. The molecule has 0 aliphatic heterocycles. The summed E-state index contributed by atoms with van der Waals surface area (Å²) in [6.07, 6.45) is 2.96. The monoisotopic (exact) mass is 216 g/mol. The molecule has 0 fully saturated rings. The number of oxazole rings is 1. The first-order valence-electron chi connectivity index (χ1n) is 5.28. The van der Waals surface area contributed by atoms with Crippen LogP contribution in [0.25, 0.3) is 21.5 Å². The van der Waals surface area contributed by atoms with Gasteiger partial charge in [-0.25, -0.2) is 4.98 Å². The first kappa shape index (κ1) is 10.5. The van der Waals surface area contributed by atoms with E-state index in [2.05, 4.69) is 21.9 Å². The van der Waals surface area contributed by atoms with E-state index in [1.165, 1.54) is 0 Å². The maximum Gasteiger partial charge on any atom is 0.195 e. The van der Waals surface area contributed by atoms with Crippen LogP contribution < -0.4 is 0 Å². The van der Waals surface area contributed by atoms with Crippen LogP contribution in [-0.2, 0) is 6.42 Å². The average Bonchev–Trinajstić information content (AvgIpc) is 2.70. The molecule has 0 radical (unpaired) electrons. The highest BCUT2D eigenvalue weighted by atomic mass is 16.3. The van der Waals surface area contributed by atoms with Crippen molar-refractivity contribution in [2.45, 2.75) is 26.2 Å². The van der Waals surface area contributed by atoms with Gasteiger partial charge in [0.2, 0.25) is 0 Å². The topological polar surface area (TPSA) is 74.8 Å². The van der Waals surface area contributed by atoms with Crippen LogP contribution in [0, 0.1) is 0 Å². The number of hydrogen-bond donors (Lipinski definition) is 0. The van der Waals surface area contributed by atoms with Gasteiger partial charge in [0.1, 0.15) is 5.52 Å². The summed E-state index contributed by atoms with van der Waals surface area (Å²) < 4.78 is 5.56.